The molecular weight excluding hydrogens is 262 g/mol. The maximum Gasteiger partial charge on any atom is 0.281 e. The lowest BCUT2D eigenvalue weighted by atomic mass is 10.1. The average Bonchev–Trinajstić information content (AvgIpc) is 2.75. The summed E-state index contributed by atoms with van der Waals surface area (Å²) in [6.45, 7) is 1.91. The Balaban J connectivity index is 1.82. The second kappa shape index (κ2) is 4.47. The molecule has 2 aliphatic rings. The van der Waals surface area contributed by atoms with Gasteiger partial charge >= 0.3 is 0 Å². The summed E-state index contributed by atoms with van der Waals surface area (Å²) < 4.78 is 27.3. The first-order chi connectivity index (χ1) is 9.00. The van der Waals surface area contributed by atoms with E-state index in [1.165, 1.54) is 15.6 Å². The average molecular weight is 281 g/mol. The molecule has 0 aliphatic carbocycles. The van der Waals surface area contributed by atoms with Crippen molar-refractivity contribution in [2.45, 2.75) is 12.5 Å². The van der Waals surface area contributed by atoms with Gasteiger partial charge in [-0.2, -0.15) is 17.0 Å². The Labute approximate surface area is 114 Å². The second-order valence-corrected chi connectivity index (χ2v) is 7.47. The molecule has 1 unspecified atom stereocenters. The molecule has 0 spiro atoms. The number of hydrogen-bond acceptors (Lipinski definition) is 3. The van der Waals surface area contributed by atoms with E-state index in [4.69, 9.17) is 0 Å². The highest BCUT2D eigenvalue weighted by Gasteiger charge is 2.38. The molecule has 0 amide bonds. The third-order valence-electron chi connectivity index (χ3n) is 3.99. The monoisotopic (exact) mass is 281 g/mol. The highest BCUT2D eigenvalue weighted by Crippen LogP contribution is 2.34. The summed E-state index contributed by atoms with van der Waals surface area (Å²) in [7, 11) is -0.109. The van der Waals surface area contributed by atoms with Crippen molar-refractivity contribution >= 4 is 15.9 Å². The number of fused-ring (bicyclic) bond motifs is 3. The van der Waals surface area contributed by atoms with Crippen molar-refractivity contribution < 1.29 is 8.42 Å². The normalized spacial score (nSPS) is 23.5. The van der Waals surface area contributed by atoms with Gasteiger partial charge in [0.1, 0.15) is 0 Å². The standard InChI is InChI=1S/C13H19N3O2S/c1-14(2)19(17,18)15-7-8-16-12(10-15)9-11-5-3-4-6-13(11)16/h3-6,12H,7-10H2,1-2H3. The van der Waals surface area contributed by atoms with Gasteiger partial charge in [-0.25, -0.2) is 0 Å². The molecule has 0 saturated carbocycles. The lowest BCUT2D eigenvalue weighted by Crippen LogP contribution is -2.55. The van der Waals surface area contributed by atoms with Crippen LogP contribution in [0, 0.1) is 0 Å². The van der Waals surface area contributed by atoms with Crippen molar-refractivity contribution in [1.29, 1.82) is 0 Å². The number of benzene rings is 1. The zero-order chi connectivity index (χ0) is 13.6. The third kappa shape index (κ3) is 2.04. The molecule has 1 atom stereocenters. The predicted octanol–water partition coefficient (Wildman–Crippen LogP) is 0.540. The van der Waals surface area contributed by atoms with Crippen LogP contribution >= 0.6 is 0 Å². The molecule has 3 rings (SSSR count). The molecule has 6 heteroatoms. The highest BCUT2D eigenvalue weighted by atomic mass is 32.2. The Hall–Kier alpha value is -1.11. The van der Waals surface area contributed by atoms with Gasteiger partial charge in [0.2, 0.25) is 0 Å². The third-order valence-corrected chi connectivity index (χ3v) is 5.90. The lowest BCUT2D eigenvalue weighted by Gasteiger charge is -2.39. The minimum Gasteiger partial charge on any atom is -0.365 e. The fourth-order valence-electron chi connectivity index (χ4n) is 2.98. The minimum atomic E-state index is -3.29. The van der Waals surface area contributed by atoms with E-state index in [0.29, 0.717) is 13.1 Å². The maximum absolute atomic E-state index is 12.2. The van der Waals surface area contributed by atoms with Gasteiger partial charge in [-0.05, 0) is 18.1 Å². The van der Waals surface area contributed by atoms with Gasteiger partial charge in [0.05, 0.1) is 0 Å². The van der Waals surface area contributed by atoms with E-state index >= 15 is 0 Å². The van der Waals surface area contributed by atoms with E-state index < -0.39 is 10.2 Å². The van der Waals surface area contributed by atoms with Crippen LogP contribution < -0.4 is 4.90 Å². The molecule has 1 aromatic carbocycles. The van der Waals surface area contributed by atoms with Crippen LogP contribution in [0.1, 0.15) is 5.56 Å². The van der Waals surface area contributed by atoms with Crippen LogP contribution in [0.3, 0.4) is 0 Å². The summed E-state index contributed by atoms with van der Waals surface area (Å²) in [5.41, 5.74) is 2.60. The fourth-order valence-corrected chi connectivity index (χ4v) is 4.11. The SMILES string of the molecule is CN(C)S(=O)(=O)N1CCN2c3ccccc3CC2C1. The summed E-state index contributed by atoms with van der Waals surface area (Å²) >= 11 is 0. The zero-order valence-corrected chi connectivity index (χ0v) is 12.1. The molecule has 5 nitrogen and oxygen atoms in total. The van der Waals surface area contributed by atoms with E-state index in [2.05, 4.69) is 17.0 Å². The van der Waals surface area contributed by atoms with Gasteiger partial charge in [0.15, 0.2) is 0 Å². The van der Waals surface area contributed by atoms with E-state index in [9.17, 15) is 8.42 Å². The van der Waals surface area contributed by atoms with Gasteiger partial charge < -0.3 is 4.90 Å². The van der Waals surface area contributed by atoms with E-state index in [-0.39, 0.29) is 6.04 Å². The molecule has 1 saturated heterocycles. The summed E-state index contributed by atoms with van der Waals surface area (Å²) in [5, 5.41) is 0. The van der Waals surface area contributed by atoms with Gasteiger partial charge in [0.25, 0.3) is 10.2 Å². The van der Waals surface area contributed by atoms with Gasteiger partial charge in [-0.1, -0.05) is 18.2 Å². The summed E-state index contributed by atoms with van der Waals surface area (Å²) in [6.07, 6.45) is 0.940. The topological polar surface area (TPSA) is 43.9 Å². The quantitative estimate of drug-likeness (QED) is 0.795. The number of piperazine rings is 1. The van der Waals surface area contributed by atoms with Crippen LogP contribution in [0.5, 0.6) is 0 Å². The molecule has 0 aromatic heterocycles. The molecule has 1 aromatic rings. The van der Waals surface area contributed by atoms with Crippen molar-refractivity contribution in [2.75, 3.05) is 38.6 Å². The summed E-state index contributed by atoms with van der Waals surface area (Å²) in [6, 6.07) is 8.64. The molecule has 0 radical (unpaired) electrons. The molecule has 104 valence electrons. The Morgan fingerprint density at radius 1 is 1.21 bits per heavy atom. The summed E-state index contributed by atoms with van der Waals surface area (Å²) in [4.78, 5) is 2.34. The number of anilines is 1. The first-order valence-corrected chi connectivity index (χ1v) is 7.92. The van der Waals surface area contributed by atoms with Crippen LogP contribution in [0.2, 0.25) is 0 Å². The fraction of sp³-hybridized carbons (Fsp3) is 0.538. The van der Waals surface area contributed by atoms with Crippen LogP contribution in [0.4, 0.5) is 5.69 Å². The maximum atomic E-state index is 12.2. The smallest absolute Gasteiger partial charge is 0.281 e. The van der Waals surface area contributed by atoms with Gasteiger partial charge in [-0.15, -0.1) is 0 Å². The molecule has 1 fully saturated rings. The molecular formula is C13H19N3O2S. The summed E-state index contributed by atoms with van der Waals surface area (Å²) in [5.74, 6) is 0. The number of para-hydroxylation sites is 1. The van der Waals surface area contributed by atoms with Crippen molar-refractivity contribution in [2.24, 2.45) is 0 Å². The van der Waals surface area contributed by atoms with Crippen LogP contribution in [0.15, 0.2) is 24.3 Å². The molecule has 2 aliphatic heterocycles. The first kappa shape index (κ1) is 12.9. The molecule has 19 heavy (non-hydrogen) atoms. The number of rotatable bonds is 2. The van der Waals surface area contributed by atoms with E-state index in [0.717, 1.165) is 13.0 Å². The molecule has 2 heterocycles. The zero-order valence-electron chi connectivity index (χ0n) is 11.3. The van der Waals surface area contributed by atoms with E-state index in [1.807, 2.05) is 12.1 Å². The van der Waals surface area contributed by atoms with Crippen LogP contribution in [0.25, 0.3) is 0 Å². The lowest BCUT2D eigenvalue weighted by molar-refractivity contribution is 0.319. The van der Waals surface area contributed by atoms with Gasteiger partial charge in [0, 0.05) is 45.5 Å². The van der Waals surface area contributed by atoms with Crippen molar-refractivity contribution in [3.63, 3.8) is 0 Å². The highest BCUT2D eigenvalue weighted by molar-refractivity contribution is 7.86. The van der Waals surface area contributed by atoms with Crippen molar-refractivity contribution in [3.8, 4) is 0 Å². The van der Waals surface area contributed by atoms with Crippen molar-refractivity contribution in [3.05, 3.63) is 29.8 Å². The predicted molar refractivity (Wildman–Crippen MR) is 75.5 cm³/mol. The largest absolute Gasteiger partial charge is 0.365 e. The number of hydrogen-bond donors (Lipinski definition) is 0. The van der Waals surface area contributed by atoms with Gasteiger partial charge in [-0.3, -0.25) is 0 Å². The Morgan fingerprint density at radius 2 is 1.95 bits per heavy atom. The Morgan fingerprint density at radius 3 is 2.68 bits per heavy atom. The number of nitrogens with zero attached hydrogens (tertiary/aromatic N) is 3. The van der Waals surface area contributed by atoms with Crippen LogP contribution in [-0.4, -0.2) is 56.8 Å². The van der Waals surface area contributed by atoms with Crippen LogP contribution in [-0.2, 0) is 16.6 Å². The Bertz CT molecular complexity index is 585. The Kier molecular flexibility index (Phi) is 3.03. The molecule has 0 bridgehead atoms. The second-order valence-electron chi connectivity index (χ2n) is 5.33. The van der Waals surface area contributed by atoms with Crippen molar-refractivity contribution in [1.82, 2.24) is 8.61 Å². The minimum absolute atomic E-state index is 0.279. The van der Waals surface area contributed by atoms with E-state index in [1.54, 1.807) is 18.4 Å². The first-order valence-electron chi connectivity index (χ1n) is 6.52. The molecule has 0 N–H and O–H groups in total.